The molecule has 32 heavy (non-hydrogen) atoms. The van der Waals surface area contributed by atoms with E-state index in [0.29, 0.717) is 0 Å². The normalized spacial score (nSPS) is 17.1. The molecule has 194 valence electrons. The van der Waals surface area contributed by atoms with Crippen molar-refractivity contribution in [3.8, 4) is 0 Å². The lowest BCUT2D eigenvalue weighted by molar-refractivity contribution is -0.525. The fourth-order valence-electron chi connectivity index (χ4n) is 1.16. The van der Waals surface area contributed by atoms with Crippen molar-refractivity contribution in [3.05, 3.63) is 12.6 Å². The molecule has 2 unspecified atom stereocenters. The molecular weight excluding hydrogens is 745 g/mol. The highest BCUT2D eigenvalue weighted by Gasteiger charge is 2.80. The Balaban J connectivity index is 0. The van der Waals surface area contributed by atoms with Crippen molar-refractivity contribution in [2.45, 2.75) is 48.8 Å². The van der Waals surface area contributed by atoms with Crippen LogP contribution in [-0.4, -0.2) is 48.8 Å². The second-order valence-electron chi connectivity index (χ2n) is 4.75. The monoisotopic (exact) mass is 748 g/mol. The zero-order valence-corrected chi connectivity index (χ0v) is 18.0. The van der Waals surface area contributed by atoms with Gasteiger partial charge in [-0.2, -0.15) is 70.2 Å². The first-order valence-electron chi connectivity index (χ1n) is 6.28. The lowest BCUT2D eigenvalue weighted by Crippen LogP contribution is -2.63. The van der Waals surface area contributed by atoms with Gasteiger partial charge in [0.1, 0.15) is 0 Å². The molecule has 0 aromatic rings. The van der Waals surface area contributed by atoms with E-state index in [4.69, 9.17) is 0 Å². The van der Waals surface area contributed by atoms with Crippen LogP contribution in [0.25, 0.3) is 0 Å². The number of hydrogen-bond donors (Lipinski definition) is 0. The molecule has 0 spiro atoms. The standard InChI is InChI=1S/C10H3F17O3.I2/c1-2(11)28-10(26,27)6(17,8(21,22)23)30-4(13,14)3(12)29-9(24,25)5(15,16)7(18,19)20;1-2/h3H,1H2;. The predicted octanol–water partition coefficient (Wildman–Crippen LogP) is 7.75. The molecule has 0 saturated carbocycles. The van der Waals surface area contributed by atoms with Crippen molar-refractivity contribution in [1.82, 2.24) is 0 Å². The van der Waals surface area contributed by atoms with Crippen molar-refractivity contribution < 1.29 is 88.8 Å². The van der Waals surface area contributed by atoms with Crippen LogP contribution in [-0.2, 0) is 14.2 Å². The Morgan fingerprint density at radius 3 is 1.34 bits per heavy atom. The molecule has 0 bridgehead atoms. The summed E-state index contributed by atoms with van der Waals surface area (Å²) in [6.07, 6.45) is -41.9. The van der Waals surface area contributed by atoms with Crippen LogP contribution >= 0.6 is 37.2 Å². The molecule has 0 radical (unpaired) electrons. The Morgan fingerprint density at radius 1 is 0.688 bits per heavy atom. The number of rotatable bonds is 9. The van der Waals surface area contributed by atoms with Crippen LogP contribution in [0.1, 0.15) is 0 Å². The molecule has 22 heteroatoms. The summed E-state index contributed by atoms with van der Waals surface area (Å²) < 4.78 is 219. The van der Waals surface area contributed by atoms with Gasteiger partial charge in [0.25, 0.3) is 12.4 Å². The number of alkyl halides is 16. The van der Waals surface area contributed by atoms with E-state index >= 15 is 0 Å². The van der Waals surface area contributed by atoms with Gasteiger partial charge in [-0.05, 0) is 6.58 Å². The smallest absolute Gasteiger partial charge is 0.402 e. The van der Waals surface area contributed by atoms with E-state index in [-0.39, 0.29) is 0 Å². The Kier molecular flexibility index (Phi) is 11.2. The largest absolute Gasteiger partial charge is 0.471 e. The lowest BCUT2D eigenvalue weighted by atomic mass is 10.2. The fourth-order valence-corrected chi connectivity index (χ4v) is 1.16. The van der Waals surface area contributed by atoms with Gasteiger partial charge in [-0.25, -0.2) is 4.39 Å². The Bertz CT molecular complexity index is 633. The first kappa shape index (κ1) is 33.9. The van der Waals surface area contributed by atoms with Crippen LogP contribution in [0.3, 0.4) is 0 Å². The van der Waals surface area contributed by atoms with Crippen LogP contribution < -0.4 is 0 Å². The van der Waals surface area contributed by atoms with Gasteiger partial charge in [-0.3, -0.25) is 9.47 Å². The van der Waals surface area contributed by atoms with E-state index in [9.17, 15) is 74.6 Å². The summed E-state index contributed by atoms with van der Waals surface area (Å²) in [5, 5.41) is 0. The predicted molar refractivity (Wildman–Crippen MR) is 82.2 cm³/mol. The van der Waals surface area contributed by atoms with Crippen LogP contribution in [0.5, 0.6) is 0 Å². The number of ether oxygens (including phenoxy) is 3. The summed E-state index contributed by atoms with van der Waals surface area (Å²) in [6, 6.07) is -2.98. The van der Waals surface area contributed by atoms with E-state index in [1.807, 2.05) is 0 Å². The maximum absolute atomic E-state index is 13.5. The summed E-state index contributed by atoms with van der Waals surface area (Å²) in [5.41, 5.74) is 0. The second-order valence-corrected chi connectivity index (χ2v) is 4.75. The minimum atomic E-state index is -7.46. The van der Waals surface area contributed by atoms with Crippen LogP contribution in [0.15, 0.2) is 12.6 Å². The molecule has 0 aromatic carbocycles. The SMILES string of the molecule is C=C(F)OC(F)(F)C(F)(OC(F)(F)C(F)OC(F)(F)C(F)(F)C(F)(F)F)C(F)(F)F.II. The fraction of sp³-hybridized carbons (Fsp3) is 0.800. The molecular formula is C10H3F17I2O3. The van der Waals surface area contributed by atoms with Gasteiger partial charge in [0.15, 0.2) is 0 Å². The Morgan fingerprint density at radius 2 is 1.06 bits per heavy atom. The van der Waals surface area contributed by atoms with Gasteiger partial charge in [0.2, 0.25) is 0 Å². The van der Waals surface area contributed by atoms with Crippen molar-refractivity contribution in [3.63, 3.8) is 0 Å². The van der Waals surface area contributed by atoms with Crippen LogP contribution in [0.4, 0.5) is 74.6 Å². The maximum Gasteiger partial charge on any atom is 0.471 e. The quantitative estimate of drug-likeness (QED) is 0.137. The molecule has 2 atom stereocenters. The second kappa shape index (κ2) is 10.6. The zero-order valence-electron chi connectivity index (χ0n) is 13.7. The van der Waals surface area contributed by atoms with E-state index in [2.05, 4.69) is 42.0 Å². The Hall–Kier alpha value is -0.270. The lowest BCUT2D eigenvalue weighted by Gasteiger charge is -2.36. The van der Waals surface area contributed by atoms with E-state index in [1.54, 1.807) is 16.1 Å². The molecule has 0 rings (SSSR count). The third kappa shape index (κ3) is 7.36. The minimum absolute atomic E-state index is 1.69. The molecule has 0 aromatic heterocycles. The van der Waals surface area contributed by atoms with Gasteiger partial charge in [-0.15, -0.1) is 0 Å². The molecule has 0 N–H and O–H groups in total. The molecule has 0 amide bonds. The van der Waals surface area contributed by atoms with Crippen molar-refractivity contribution in [2.75, 3.05) is 0 Å². The maximum atomic E-state index is 13.5. The minimum Gasteiger partial charge on any atom is -0.402 e. The summed E-state index contributed by atoms with van der Waals surface area (Å²) in [4.78, 5) is 0. The Labute approximate surface area is 187 Å². The van der Waals surface area contributed by atoms with Crippen LogP contribution in [0.2, 0.25) is 0 Å². The highest BCUT2D eigenvalue weighted by molar-refractivity contribution is 15.0. The van der Waals surface area contributed by atoms with Crippen molar-refractivity contribution in [1.29, 1.82) is 0 Å². The van der Waals surface area contributed by atoms with Crippen molar-refractivity contribution >= 4 is 37.2 Å². The van der Waals surface area contributed by atoms with Gasteiger partial charge in [0, 0.05) is 37.2 Å². The zero-order chi connectivity index (χ0) is 26.8. The molecule has 0 aliphatic heterocycles. The summed E-state index contributed by atoms with van der Waals surface area (Å²) in [5.74, 6) is -14.8. The van der Waals surface area contributed by atoms with Crippen molar-refractivity contribution in [2.24, 2.45) is 0 Å². The topological polar surface area (TPSA) is 27.7 Å². The molecule has 0 aliphatic carbocycles. The molecule has 0 aliphatic rings. The molecule has 0 heterocycles. The van der Waals surface area contributed by atoms with E-state index in [0.717, 1.165) is 0 Å². The number of halogens is 19. The summed E-state index contributed by atoms with van der Waals surface area (Å²) in [7, 11) is 0. The highest BCUT2D eigenvalue weighted by atomic mass is 128. The third-order valence-electron chi connectivity index (χ3n) is 2.49. The summed E-state index contributed by atoms with van der Waals surface area (Å²) in [6.45, 7) is 1.73. The molecule has 3 nitrogen and oxygen atoms in total. The van der Waals surface area contributed by atoms with E-state index in [1.165, 1.54) is 0 Å². The highest BCUT2D eigenvalue weighted by Crippen LogP contribution is 2.52. The van der Waals surface area contributed by atoms with Gasteiger partial charge in [-0.1, -0.05) is 0 Å². The first-order chi connectivity index (χ1) is 13.8. The summed E-state index contributed by atoms with van der Waals surface area (Å²) >= 11 is 4.24. The van der Waals surface area contributed by atoms with Gasteiger partial charge < -0.3 is 4.74 Å². The van der Waals surface area contributed by atoms with E-state index < -0.39 is 54.8 Å². The first-order valence-corrected chi connectivity index (χ1v) is 12.6. The van der Waals surface area contributed by atoms with Gasteiger partial charge >= 0.3 is 42.5 Å². The average molecular weight is 748 g/mol. The third-order valence-corrected chi connectivity index (χ3v) is 2.49. The molecule has 0 saturated heterocycles. The number of hydrogen-bond acceptors (Lipinski definition) is 3. The van der Waals surface area contributed by atoms with Crippen LogP contribution in [0, 0.1) is 0 Å². The van der Waals surface area contributed by atoms with Gasteiger partial charge in [0.05, 0.1) is 0 Å². The molecule has 0 fully saturated rings. The average Bonchev–Trinajstić information content (AvgIpc) is 2.52.